The highest BCUT2D eigenvalue weighted by Crippen LogP contribution is 2.18. The average molecular weight is 435 g/mol. The molecular formula is C19H23ClN6O2S. The summed E-state index contributed by atoms with van der Waals surface area (Å²) in [7, 11) is 0. The lowest BCUT2D eigenvalue weighted by molar-refractivity contribution is 0.101. The van der Waals surface area contributed by atoms with Crippen molar-refractivity contribution in [2.75, 3.05) is 26.2 Å². The minimum atomic E-state index is -0.408. The average Bonchev–Trinajstić information content (AvgIpc) is 3.08. The van der Waals surface area contributed by atoms with E-state index >= 15 is 0 Å². The fourth-order valence-corrected chi connectivity index (χ4v) is 4.29. The van der Waals surface area contributed by atoms with E-state index in [0.717, 1.165) is 43.4 Å². The van der Waals surface area contributed by atoms with Gasteiger partial charge in [0.2, 0.25) is 0 Å². The maximum Gasteiger partial charge on any atom is 0.260 e. The van der Waals surface area contributed by atoms with Crippen molar-refractivity contribution >= 4 is 40.6 Å². The van der Waals surface area contributed by atoms with Crippen molar-refractivity contribution in [3.8, 4) is 0 Å². The quantitative estimate of drug-likeness (QED) is 0.589. The van der Waals surface area contributed by atoms with E-state index in [2.05, 4.69) is 30.5 Å². The molecule has 0 unspecified atom stereocenters. The summed E-state index contributed by atoms with van der Waals surface area (Å²) in [6.07, 6.45) is 2.18. The second kappa shape index (κ2) is 9.08. The number of carbonyl (C=O) groups is 1. The van der Waals surface area contributed by atoms with Crippen molar-refractivity contribution < 1.29 is 4.79 Å². The Labute approximate surface area is 178 Å². The molecule has 10 heteroatoms. The third-order valence-electron chi connectivity index (χ3n) is 4.93. The van der Waals surface area contributed by atoms with Crippen LogP contribution in [0.15, 0.2) is 16.4 Å². The number of carbonyl (C=O) groups excluding carboxylic acids is 1. The molecule has 1 saturated heterocycles. The summed E-state index contributed by atoms with van der Waals surface area (Å²) in [5, 5.41) is 7.07. The van der Waals surface area contributed by atoms with Crippen LogP contribution >= 0.6 is 23.7 Å². The number of halogens is 1. The number of piperazine rings is 1. The lowest BCUT2D eigenvalue weighted by atomic mass is 10.1. The van der Waals surface area contributed by atoms with Gasteiger partial charge in [0.15, 0.2) is 5.78 Å². The van der Waals surface area contributed by atoms with Crippen LogP contribution in [0.3, 0.4) is 0 Å². The smallest absolute Gasteiger partial charge is 0.260 e. The zero-order chi connectivity index (χ0) is 19.7. The fourth-order valence-electron chi connectivity index (χ4n) is 3.51. The summed E-state index contributed by atoms with van der Waals surface area (Å²) < 4.78 is 0. The Balaban J connectivity index is 0.00000240. The third-order valence-corrected chi connectivity index (χ3v) is 5.83. The summed E-state index contributed by atoms with van der Waals surface area (Å²) in [5.74, 6) is 0.339. The number of pyridine rings is 1. The molecule has 0 radical (unpaired) electrons. The topological polar surface area (TPSA) is 104 Å². The Hall–Kier alpha value is -2.20. The summed E-state index contributed by atoms with van der Waals surface area (Å²) in [6.45, 7) is 8.11. The van der Waals surface area contributed by atoms with E-state index in [1.54, 1.807) is 24.5 Å². The molecule has 8 nitrogen and oxygen atoms in total. The van der Waals surface area contributed by atoms with Crippen LogP contribution in [0, 0.1) is 6.92 Å². The minimum Gasteiger partial charge on any atom is -0.314 e. The van der Waals surface area contributed by atoms with Gasteiger partial charge < -0.3 is 10.3 Å². The van der Waals surface area contributed by atoms with Crippen LogP contribution < -0.4 is 10.9 Å². The molecule has 4 rings (SSSR count). The van der Waals surface area contributed by atoms with Crippen LogP contribution in [0.1, 0.15) is 39.4 Å². The van der Waals surface area contributed by atoms with Crippen molar-refractivity contribution in [2.24, 2.45) is 0 Å². The van der Waals surface area contributed by atoms with Gasteiger partial charge in [-0.2, -0.15) is 0 Å². The number of thiazole rings is 1. The summed E-state index contributed by atoms with van der Waals surface area (Å²) in [5.41, 5.74) is 1.90. The lowest BCUT2D eigenvalue weighted by Crippen LogP contribution is -2.42. The first-order valence-electron chi connectivity index (χ1n) is 9.27. The molecule has 0 aromatic carbocycles. The van der Waals surface area contributed by atoms with E-state index in [-0.39, 0.29) is 23.8 Å². The van der Waals surface area contributed by atoms with Crippen molar-refractivity contribution in [3.63, 3.8) is 0 Å². The number of ketones is 1. The number of aromatic amines is 1. The molecule has 0 atom stereocenters. The monoisotopic (exact) mass is 434 g/mol. The van der Waals surface area contributed by atoms with Gasteiger partial charge in [-0.15, -0.1) is 23.7 Å². The number of nitrogens with one attached hydrogen (secondary N) is 2. The Kier molecular flexibility index (Phi) is 6.74. The van der Waals surface area contributed by atoms with Crippen molar-refractivity contribution in [1.82, 2.24) is 30.2 Å². The number of hydrogen-bond acceptors (Lipinski definition) is 8. The number of Topliss-reactive ketones (excluding diaryl/α,β-unsaturated/α-hetero) is 1. The zero-order valence-corrected chi connectivity index (χ0v) is 18.0. The van der Waals surface area contributed by atoms with Crippen LogP contribution in [-0.2, 0) is 13.0 Å². The van der Waals surface area contributed by atoms with Crippen LogP contribution in [0.4, 0.5) is 0 Å². The highest BCUT2D eigenvalue weighted by atomic mass is 35.5. The van der Waals surface area contributed by atoms with Gasteiger partial charge >= 0.3 is 0 Å². The van der Waals surface area contributed by atoms with Gasteiger partial charge in [-0.3, -0.25) is 14.5 Å². The number of nitrogens with zero attached hydrogens (tertiary/aromatic N) is 4. The summed E-state index contributed by atoms with van der Waals surface area (Å²) >= 11 is 1.60. The molecule has 0 saturated carbocycles. The molecule has 2 N–H and O–H groups in total. The first kappa shape index (κ1) is 21.5. The fraction of sp³-hybridized carbons (Fsp3) is 0.421. The highest BCUT2D eigenvalue weighted by molar-refractivity contribution is 7.09. The van der Waals surface area contributed by atoms with E-state index in [4.69, 9.17) is 4.98 Å². The molecule has 1 fully saturated rings. The van der Waals surface area contributed by atoms with Crippen molar-refractivity contribution in [3.05, 3.63) is 49.6 Å². The number of H-pyrrole nitrogens is 1. The summed E-state index contributed by atoms with van der Waals surface area (Å²) in [6, 6.07) is 0. The molecule has 0 spiro atoms. The molecule has 154 valence electrons. The van der Waals surface area contributed by atoms with Crippen LogP contribution in [0.2, 0.25) is 0 Å². The van der Waals surface area contributed by atoms with Gasteiger partial charge in [0.05, 0.1) is 17.7 Å². The van der Waals surface area contributed by atoms with Crippen LogP contribution in [0.5, 0.6) is 0 Å². The van der Waals surface area contributed by atoms with Gasteiger partial charge in [-0.1, -0.05) is 0 Å². The summed E-state index contributed by atoms with van der Waals surface area (Å²) in [4.78, 5) is 42.6. The second-order valence-electron chi connectivity index (χ2n) is 6.99. The molecule has 0 aliphatic carbocycles. The first-order chi connectivity index (χ1) is 13.5. The van der Waals surface area contributed by atoms with Gasteiger partial charge in [-0.05, 0) is 19.4 Å². The van der Waals surface area contributed by atoms with E-state index in [9.17, 15) is 9.59 Å². The number of hydrogen-bond donors (Lipinski definition) is 2. The van der Waals surface area contributed by atoms with Crippen molar-refractivity contribution in [2.45, 2.75) is 26.8 Å². The molecule has 0 amide bonds. The number of aromatic nitrogens is 4. The Bertz CT molecular complexity index is 1090. The van der Waals surface area contributed by atoms with Gasteiger partial charge in [0.25, 0.3) is 5.56 Å². The minimum absolute atomic E-state index is 0. The maximum atomic E-state index is 12.2. The molecular weight excluding hydrogens is 412 g/mol. The Morgan fingerprint density at radius 3 is 2.76 bits per heavy atom. The Morgan fingerprint density at radius 2 is 2.03 bits per heavy atom. The van der Waals surface area contributed by atoms with Crippen LogP contribution in [-0.4, -0.2) is 56.8 Å². The Morgan fingerprint density at radius 1 is 1.28 bits per heavy atom. The number of rotatable bonds is 5. The van der Waals surface area contributed by atoms with Crippen molar-refractivity contribution in [1.29, 1.82) is 0 Å². The van der Waals surface area contributed by atoms with Gasteiger partial charge in [0.1, 0.15) is 16.5 Å². The van der Waals surface area contributed by atoms with E-state index < -0.39 is 5.56 Å². The molecule has 1 aliphatic heterocycles. The molecule has 3 aromatic rings. The molecule has 1 aliphatic rings. The van der Waals surface area contributed by atoms with E-state index in [0.29, 0.717) is 28.8 Å². The molecule has 0 bridgehead atoms. The lowest BCUT2D eigenvalue weighted by Gasteiger charge is -2.26. The number of aryl methyl sites for hydroxylation is 1. The van der Waals surface area contributed by atoms with Crippen LogP contribution in [0.25, 0.3) is 11.0 Å². The zero-order valence-electron chi connectivity index (χ0n) is 16.3. The number of fused-ring (bicyclic) bond motifs is 1. The predicted octanol–water partition coefficient (Wildman–Crippen LogP) is 1.70. The molecule has 3 aromatic heterocycles. The normalized spacial score (nSPS) is 14.7. The standard InChI is InChI=1S/C19H22N6O2S.ClH/c1-11-14-8-21-15(23-18(14)24-19(27)17(11)12(2)26)7-16-22-13(10-28-16)9-25-5-3-20-4-6-25;/h8,10,20H,3-7,9H2,1-2H3,(H,21,23,24,27);1H. The highest BCUT2D eigenvalue weighted by Gasteiger charge is 2.16. The predicted molar refractivity (Wildman–Crippen MR) is 115 cm³/mol. The van der Waals surface area contributed by atoms with Gasteiger partial charge in [-0.25, -0.2) is 15.0 Å². The third kappa shape index (κ3) is 4.69. The maximum absolute atomic E-state index is 12.2. The largest absolute Gasteiger partial charge is 0.314 e. The van der Waals surface area contributed by atoms with Gasteiger partial charge in [0, 0.05) is 49.7 Å². The van der Waals surface area contributed by atoms with E-state index in [1.165, 1.54) is 6.92 Å². The van der Waals surface area contributed by atoms with E-state index in [1.807, 2.05) is 0 Å². The second-order valence-corrected chi connectivity index (χ2v) is 7.94. The first-order valence-corrected chi connectivity index (χ1v) is 10.1. The SMILES string of the molecule is CC(=O)c1c(C)c2cnc(Cc3nc(CN4CCNCC4)cs3)nc2[nH]c1=O.Cl. The molecule has 4 heterocycles. The molecule has 29 heavy (non-hydrogen) atoms.